The van der Waals surface area contributed by atoms with Gasteiger partial charge in [-0.15, -0.1) is 12.6 Å². The molecule has 0 saturated heterocycles. The fraction of sp³-hybridized carbons (Fsp3) is 0.150. The van der Waals surface area contributed by atoms with Crippen LogP contribution in [-0.2, 0) is 13.2 Å². The van der Waals surface area contributed by atoms with Gasteiger partial charge in [0.15, 0.2) is 0 Å². The molecule has 27 heavy (non-hydrogen) atoms. The third-order valence-corrected chi connectivity index (χ3v) is 5.20. The molecule has 0 radical (unpaired) electrons. The van der Waals surface area contributed by atoms with E-state index in [0.29, 0.717) is 28.3 Å². The molecule has 0 amide bonds. The highest BCUT2D eigenvalue weighted by atomic mass is 35.5. The molecule has 0 spiro atoms. The summed E-state index contributed by atoms with van der Waals surface area (Å²) in [6.45, 7) is 2.16. The zero-order chi connectivity index (χ0) is 19.6. The first-order valence-electron chi connectivity index (χ1n) is 8.07. The van der Waals surface area contributed by atoms with Crippen LogP contribution in [0.25, 0.3) is 11.1 Å². The molecule has 0 fully saturated rings. The fourth-order valence-electron chi connectivity index (χ4n) is 3.01. The average molecular weight is 395 g/mol. The van der Waals surface area contributed by atoms with Crippen molar-refractivity contribution in [1.29, 1.82) is 10.5 Å². The van der Waals surface area contributed by atoms with Crippen molar-refractivity contribution in [1.82, 2.24) is 9.55 Å². The Balaban J connectivity index is 2.09. The molecule has 5 nitrogen and oxygen atoms in total. The van der Waals surface area contributed by atoms with E-state index in [1.54, 1.807) is 24.4 Å². The van der Waals surface area contributed by atoms with E-state index in [2.05, 4.69) is 29.8 Å². The number of hydrogen-bond donors (Lipinski definition) is 2. The second kappa shape index (κ2) is 7.85. The molecule has 3 rings (SSSR count). The van der Waals surface area contributed by atoms with Crippen molar-refractivity contribution in [3.8, 4) is 23.3 Å². The fourth-order valence-corrected chi connectivity index (χ4v) is 3.55. The molecule has 134 valence electrons. The van der Waals surface area contributed by atoms with Crippen molar-refractivity contribution in [2.75, 3.05) is 0 Å². The number of benzene rings is 1. The first kappa shape index (κ1) is 19.0. The van der Waals surface area contributed by atoms with E-state index in [9.17, 15) is 10.4 Å². The highest BCUT2D eigenvalue weighted by Crippen LogP contribution is 2.34. The summed E-state index contributed by atoms with van der Waals surface area (Å²) >= 11 is 10.5. The molecule has 2 aromatic heterocycles. The summed E-state index contributed by atoms with van der Waals surface area (Å²) in [4.78, 5) is 4.10. The number of nitrogens with zero attached hydrogens (tertiary/aromatic N) is 4. The molecule has 0 aliphatic rings. The molecular weight excluding hydrogens is 380 g/mol. The molecule has 1 aromatic carbocycles. The number of rotatable bonds is 4. The number of aliphatic hydroxyl groups excluding tert-OH is 1. The van der Waals surface area contributed by atoms with Crippen molar-refractivity contribution in [2.45, 2.75) is 25.1 Å². The van der Waals surface area contributed by atoms with Crippen LogP contribution in [0.3, 0.4) is 0 Å². The summed E-state index contributed by atoms with van der Waals surface area (Å²) in [5.41, 5.74) is 4.94. The Hall–Kier alpha value is -2.77. The number of halogens is 1. The molecule has 0 aliphatic heterocycles. The molecule has 0 atom stereocenters. The van der Waals surface area contributed by atoms with Crippen molar-refractivity contribution < 1.29 is 5.11 Å². The van der Waals surface area contributed by atoms with Crippen molar-refractivity contribution in [3.63, 3.8) is 0 Å². The first-order chi connectivity index (χ1) is 13.0. The second-order valence-corrected chi connectivity index (χ2v) is 6.78. The van der Waals surface area contributed by atoms with Gasteiger partial charge in [-0.3, -0.25) is 0 Å². The van der Waals surface area contributed by atoms with Crippen LogP contribution >= 0.6 is 24.2 Å². The average Bonchev–Trinajstić information content (AvgIpc) is 2.93. The molecular formula is C20H15ClN4OS. The van der Waals surface area contributed by atoms with E-state index in [4.69, 9.17) is 16.9 Å². The summed E-state index contributed by atoms with van der Waals surface area (Å²) in [5, 5.41) is 28.8. The van der Waals surface area contributed by atoms with Crippen LogP contribution in [0, 0.1) is 29.6 Å². The molecule has 2 heterocycles. The summed E-state index contributed by atoms with van der Waals surface area (Å²) in [7, 11) is 0. The molecule has 3 aromatic rings. The highest BCUT2D eigenvalue weighted by Gasteiger charge is 2.20. The maximum absolute atomic E-state index is 9.66. The molecule has 0 saturated carbocycles. The standard InChI is InChI=1S/C20H15ClN4OS/c1-12-18(15-4-2-13(7-22)3-5-15)17(8-23)20(27)25(12)10-14-6-16(11-26)19(21)24-9-14/h2-6,9,26-27H,10-11H2,1H3. The Labute approximate surface area is 167 Å². The predicted molar refractivity (Wildman–Crippen MR) is 106 cm³/mol. The Bertz CT molecular complexity index is 1090. The Kier molecular flexibility index (Phi) is 5.53. The smallest absolute Gasteiger partial charge is 0.134 e. The van der Waals surface area contributed by atoms with Gasteiger partial charge in [-0.1, -0.05) is 23.7 Å². The van der Waals surface area contributed by atoms with Crippen molar-refractivity contribution >= 4 is 24.2 Å². The number of thiol groups is 1. The summed E-state index contributed by atoms with van der Waals surface area (Å²) in [5.74, 6) is 0. The maximum Gasteiger partial charge on any atom is 0.134 e. The Morgan fingerprint density at radius 2 is 1.93 bits per heavy atom. The van der Waals surface area contributed by atoms with E-state index in [0.717, 1.165) is 22.4 Å². The minimum Gasteiger partial charge on any atom is -0.392 e. The van der Waals surface area contributed by atoms with Gasteiger partial charge >= 0.3 is 0 Å². The minimum atomic E-state index is -0.196. The van der Waals surface area contributed by atoms with E-state index in [1.165, 1.54) is 0 Å². The number of nitriles is 2. The van der Waals surface area contributed by atoms with Crippen LogP contribution in [0.4, 0.5) is 0 Å². The van der Waals surface area contributed by atoms with Crippen LogP contribution in [0.5, 0.6) is 0 Å². The Morgan fingerprint density at radius 1 is 1.22 bits per heavy atom. The molecule has 1 N–H and O–H groups in total. The summed E-state index contributed by atoms with van der Waals surface area (Å²) in [6.07, 6.45) is 1.64. The lowest BCUT2D eigenvalue weighted by Gasteiger charge is -2.11. The number of pyridine rings is 1. The van der Waals surface area contributed by atoms with Gasteiger partial charge in [-0.25, -0.2) is 4.98 Å². The lowest BCUT2D eigenvalue weighted by molar-refractivity contribution is 0.281. The van der Waals surface area contributed by atoms with E-state index >= 15 is 0 Å². The van der Waals surface area contributed by atoms with Crippen LogP contribution in [0.2, 0.25) is 5.15 Å². The maximum atomic E-state index is 9.66. The van der Waals surface area contributed by atoms with Gasteiger partial charge in [0.05, 0.1) is 28.8 Å². The lowest BCUT2D eigenvalue weighted by Crippen LogP contribution is -2.04. The van der Waals surface area contributed by atoms with Gasteiger partial charge in [0, 0.05) is 29.6 Å². The van der Waals surface area contributed by atoms with Gasteiger partial charge in [-0.05, 0) is 36.2 Å². The highest BCUT2D eigenvalue weighted by molar-refractivity contribution is 7.80. The third-order valence-electron chi connectivity index (χ3n) is 4.39. The zero-order valence-electron chi connectivity index (χ0n) is 14.4. The Morgan fingerprint density at radius 3 is 2.52 bits per heavy atom. The number of aliphatic hydroxyl groups is 1. The van der Waals surface area contributed by atoms with Crippen LogP contribution < -0.4 is 0 Å². The van der Waals surface area contributed by atoms with Crippen molar-refractivity contribution in [3.05, 3.63) is 69.6 Å². The summed E-state index contributed by atoms with van der Waals surface area (Å²) in [6, 6.07) is 13.2. The van der Waals surface area contributed by atoms with E-state index < -0.39 is 0 Å². The summed E-state index contributed by atoms with van der Waals surface area (Å²) < 4.78 is 1.92. The predicted octanol–water partition coefficient (Wildman–Crippen LogP) is 4.08. The SMILES string of the molecule is Cc1c(-c2ccc(C#N)cc2)c(C#N)c(S)n1Cc1cnc(Cl)c(CO)c1. The third kappa shape index (κ3) is 3.56. The number of aromatic nitrogens is 2. The topological polar surface area (TPSA) is 85.6 Å². The largest absolute Gasteiger partial charge is 0.392 e. The first-order valence-corrected chi connectivity index (χ1v) is 8.89. The van der Waals surface area contributed by atoms with Crippen LogP contribution in [-0.4, -0.2) is 14.7 Å². The van der Waals surface area contributed by atoms with Gasteiger partial charge in [0.25, 0.3) is 0 Å². The van der Waals surface area contributed by atoms with E-state index in [1.807, 2.05) is 23.6 Å². The molecule has 0 unspecified atom stereocenters. The second-order valence-electron chi connectivity index (χ2n) is 6.00. The molecule has 0 bridgehead atoms. The van der Waals surface area contributed by atoms with Gasteiger partial charge in [0.2, 0.25) is 0 Å². The van der Waals surface area contributed by atoms with Gasteiger partial charge < -0.3 is 9.67 Å². The molecule has 0 aliphatic carbocycles. The quantitative estimate of drug-likeness (QED) is 0.515. The van der Waals surface area contributed by atoms with Crippen LogP contribution in [0.1, 0.15) is 27.9 Å². The zero-order valence-corrected chi connectivity index (χ0v) is 16.1. The van der Waals surface area contributed by atoms with Gasteiger partial charge in [-0.2, -0.15) is 10.5 Å². The number of hydrogen-bond acceptors (Lipinski definition) is 5. The normalized spacial score (nSPS) is 10.4. The van der Waals surface area contributed by atoms with Crippen molar-refractivity contribution in [2.24, 2.45) is 0 Å². The van der Waals surface area contributed by atoms with Crippen LogP contribution in [0.15, 0.2) is 41.6 Å². The van der Waals surface area contributed by atoms with E-state index in [-0.39, 0.29) is 11.8 Å². The lowest BCUT2D eigenvalue weighted by atomic mass is 10.0. The monoisotopic (exact) mass is 394 g/mol. The van der Waals surface area contributed by atoms with Gasteiger partial charge in [0.1, 0.15) is 11.2 Å². The molecule has 7 heteroatoms. The minimum absolute atomic E-state index is 0.196.